The van der Waals surface area contributed by atoms with E-state index in [1.807, 2.05) is 0 Å². The first-order chi connectivity index (χ1) is 9.52. The lowest BCUT2D eigenvalue weighted by molar-refractivity contribution is 0.0534. The van der Waals surface area contributed by atoms with Crippen LogP contribution in [0.25, 0.3) is 0 Å². The van der Waals surface area contributed by atoms with Crippen molar-refractivity contribution >= 4 is 0 Å². The Labute approximate surface area is 127 Å². The molecule has 0 aromatic carbocycles. The molecule has 2 rings (SSSR count). The second kappa shape index (κ2) is 7.29. The van der Waals surface area contributed by atoms with Crippen molar-refractivity contribution in [3.05, 3.63) is 0 Å². The van der Waals surface area contributed by atoms with E-state index >= 15 is 0 Å². The second-order valence-corrected chi connectivity index (χ2v) is 8.62. The highest BCUT2D eigenvalue weighted by Gasteiger charge is 2.37. The summed E-state index contributed by atoms with van der Waals surface area (Å²) in [7, 11) is 2.30. The standard InChI is InChI=1S/C19H37N/c1-18(2)11-9-7-5-4-6-8-10-12-19(17-18)13-15-20(3)16-14-19/h4-17H2,1-3H3. The van der Waals surface area contributed by atoms with E-state index in [0.29, 0.717) is 10.8 Å². The zero-order valence-electron chi connectivity index (χ0n) is 14.3. The third kappa shape index (κ3) is 5.06. The van der Waals surface area contributed by atoms with Gasteiger partial charge in [0.05, 0.1) is 0 Å². The van der Waals surface area contributed by atoms with Gasteiger partial charge in [-0.25, -0.2) is 0 Å². The molecule has 0 radical (unpaired) electrons. The normalized spacial score (nSPS) is 29.6. The summed E-state index contributed by atoms with van der Waals surface area (Å²) in [6, 6.07) is 0. The van der Waals surface area contributed by atoms with Gasteiger partial charge in [-0.15, -0.1) is 0 Å². The molecule has 0 atom stereocenters. The average molecular weight is 280 g/mol. The molecule has 0 N–H and O–H groups in total. The first-order valence-corrected chi connectivity index (χ1v) is 9.20. The average Bonchev–Trinajstić information content (AvgIpc) is 2.38. The van der Waals surface area contributed by atoms with Crippen LogP contribution in [0.4, 0.5) is 0 Å². The number of piperidine rings is 1. The smallest absolute Gasteiger partial charge is 0.00165 e. The Morgan fingerprint density at radius 1 is 0.650 bits per heavy atom. The number of nitrogens with zero attached hydrogens (tertiary/aromatic N) is 1. The Morgan fingerprint density at radius 2 is 1.15 bits per heavy atom. The Morgan fingerprint density at radius 3 is 1.75 bits per heavy atom. The molecule has 1 nitrogen and oxygen atoms in total. The minimum absolute atomic E-state index is 0.565. The predicted octanol–water partition coefficient (Wildman–Crippen LogP) is 5.64. The van der Waals surface area contributed by atoms with E-state index in [1.165, 1.54) is 90.1 Å². The van der Waals surface area contributed by atoms with Crippen molar-refractivity contribution in [2.75, 3.05) is 20.1 Å². The molecule has 0 aromatic rings. The van der Waals surface area contributed by atoms with Crippen molar-refractivity contribution in [3.8, 4) is 0 Å². The van der Waals surface area contributed by atoms with Gasteiger partial charge in [-0.05, 0) is 63.1 Å². The fourth-order valence-corrected chi connectivity index (χ4v) is 4.70. The molecule has 1 spiro atoms. The van der Waals surface area contributed by atoms with Crippen LogP contribution in [0.3, 0.4) is 0 Å². The van der Waals surface area contributed by atoms with E-state index in [1.54, 1.807) is 0 Å². The minimum Gasteiger partial charge on any atom is -0.306 e. The molecule has 1 heteroatoms. The van der Waals surface area contributed by atoms with E-state index in [0.717, 1.165) is 0 Å². The highest BCUT2D eigenvalue weighted by Crippen LogP contribution is 2.47. The van der Waals surface area contributed by atoms with Crippen LogP contribution in [0.1, 0.15) is 90.9 Å². The van der Waals surface area contributed by atoms with Crippen molar-refractivity contribution in [1.29, 1.82) is 0 Å². The second-order valence-electron chi connectivity index (χ2n) is 8.62. The van der Waals surface area contributed by atoms with Crippen molar-refractivity contribution in [1.82, 2.24) is 4.90 Å². The third-order valence-corrected chi connectivity index (χ3v) is 5.96. The quantitative estimate of drug-likeness (QED) is 0.554. The minimum atomic E-state index is 0.565. The Bertz CT molecular complexity index is 273. The van der Waals surface area contributed by atoms with Crippen molar-refractivity contribution < 1.29 is 0 Å². The van der Waals surface area contributed by atoms with E-state index in [-0.39, 0.29) is 0 Å². The molecule has 2 aliphatic rings. The fraction of sp³-hybridized carbons (Fsp3) is 1.00. The maximum atomic E-state index is 2.54. The molecule has 1 aliphatic heterocycles. The van der Waals surface area contributed by atoms with Gasteiger partial charge in [0.1, 0.15) is 0 Å². The van der Waals surface area contributed by atoms with E-state index in [9.17, 15) is 0 Å². The van der Waals surface area contributed by atoms with Gasteiger partial charge in [0.2, 0.25) is 0 Å². The predicted molar refractivity (Wildman–Crippen MR) is 89.1 cm³/mol. The largest absolute Gasteiger partial charge is 0.306 e. The van der Waals surface area contributed by atoms with Crippen LogP contribution in [-0.2, 0) is 0 Å². The zero-order chi connectivity index (χ0) is 14.5. The first kappa shape index (κ1) is 16.3. The zero-order valence-corrected chi connectivity index (χ0v) is 14.3. The summed E-state index contributed by atoms with van der Waals surface area (Å²) < 4.78 is 0. The van der Waals surface area contributed by atoms with Crippen LogP contribution < -0.4 is 0 Å². The van der Waals surface area contributed by atoms with Crippen LogP contribution in [0.5, 0.6) is 0 Å². The molecule has 1 saturated carbocycles. The van der Waals surface area contributed by atoms with Crippen LogP contribution in [-0.4, -0.2) is 25.0 Å². The molecular weight excluding hydrogens is 242 g/mol. The number of hydrogen-bond donors (Lipinski definition) is 0. The van der Waals surface area contributed by atoms with E-state index in [2.05, 4.69) is 25.8 Å². The van der Waals surface area contributed by atoms with Crippen molar-refractivity contribution in [3.63, 3.8) is 0 Å². The maximum absolute atomic E-state index is 2.54. The molecule has 20 heavy (non-hydrogen) atoms. The first-order valence-electron chi connectivity index (χ1n) is 9.20. The van der Waals surface area contributed by atoms with Crippen molar-refractivity contribution in [2.24, 2.45) is 10.8 Å². The molecular formula is C19H37N. The summed E-state index contributed by atoms with van der Waals surface area (Å²) in [6.45, 7) is 7.74. The van der Waals surface area contributed by atoms with Gasteiger partial charge in [-0.2, -0.15) is 0 Å². The molecule has 0 aromatic heterocycles. The van der Waals surface area contributed by atoms with Crippen LogP contribution in [0, 0.1) is 10.8 Å². The molecule has 0 unspecified atom stereocenters. The summed E-state index contributed by atoms with van der Waals surface area (Å²) in [6.07, 6.45) is 17.7. The van der Waals surface area contributed by atoms with Crippen LogP contribution in [0.15, 0.2) is 0 Å². The molecule has 1 aliphatic carbocycles. The SMILES string of the molecule is CN1CCC2(CCCCCCCCCC(C)(C)C2)CC1. The monoisotopic (exact) mass is 279 g/mol. The Kier molecular flexibility index (Phi) is 5.95. The topological polar surface area (TPSA) is 3.24 Å². The van der Waals surface area contributed by atoms with E-state index < -0.39 is 0 Å². The van der Waals surface area contributed by atoms with Crippen LogP contribution >= 0.6 is 0 Å². The molecule has 0 bridgehead atoms. The van der Waals surface area contributed by atoms with Gasteiger partial charge >= 0.3 is 0 Å². The molecule has 1 saturated heterocycles. The fourth-order valence-electron chi connectivity index (χ4n) is 4.70. The summed E-state index contributed by atoms with van der Waals surface area (Å²) in [5, 5.41) is 0. The van der Waals surface area contributed by atoms with Gasteiger partial charge in [-0.3, -0.25) is 0 Å². The highest BCUT2D eigenvalue weighted by molar-refractivity contribution is 4.90. The highest BCUT2D eigenvalue weighted by atomic mass is 15.1. The van der Waals surface area contributed by atoms with E-state index in [4.69, 9.17) is 0 Å². The molecule has 0 amide bonds. The van der Waals surface area contributed by atoms with Gasteiger partial charge in [0.15, 0.2) is 0 Å². The number of rotatable bonds is 0. The summed E-state index contributed by atoms with van der Waals surface area (Å²) >= 11 is 0. The summed E-state index contributed by atoms with van der Waals surface area (Å²) in [4.78, 5) is 2.54. The molecule has 2 fully saturated rings. The number of hydrogen-bond acceptors (Lipinski definition) is 1. The lowest BCUT2D eigenvalue weighted by atomic mass is 9.64. The van der Waals surface area contributed by atoms with Gasteiger partial charge < -0.3 is 4.90 Å². The molecule has 118 valence electrons. The summed E-state index contributed by atoms with van der Waals surface area (Å²) in [5.41, 5.74) is 1.24. The van der Waals surface area contributed by atoms with Gasteiger partial charge in [0.25, 0.3) is 0 Å². The maximum Gasteiger partial charge on any atom is -0.00165 e. The summed E-state index contributed by atoms with van der Waals surface area (Å²) in [5.74, 6) is 0. The Hall–Kier alpha value is -0.0400. The Balaban J connectivity index is 2.01. The van der Waals surface area contributed by atoms with Gasteiger partial charge in [0, 0.05) is 0 Å². The lowest BCUT2D eigenvalue weighted by Crippen LogP contribution is -2.40. The number of likely N-dealkylation sites (tertiary alicyclic amines) is 1. The van der Waals surface area contributed by atoms with Crippen molar-refractivity contribution in [2.45, 2.75) is 90.9 Å². The third-order valence-electron chi connectivity index (χ3n) is 5.96. The van der Waals surface area contributed by atoms with Crippen LogP contribution in [0.2, 0.25) is 0 Å². The van der Waals surface area contributed by atoms with Gasteiger partial charge in [-0.1, -0.05) is 58.8 Å². The molecule has 1 heterocycles. The lowest BCUT2D eigenvalue weighted by Gasteiger charge is -2.45.